The first-order valence-electron chi connectivity index (χ1n) is 11.7. The van der Waals surface area contributed by atoms with E-state index in [1.807, 2.05) is 41.8 Å². The molecule has 0 spiro atoms. The SMILES string of the molecule is O=C(COC(=O)C1CCCCC1C(=O)N1CCc2ccccc21)NC(=O)NCCc1cccs1. The summed E-state index contributed by atoms with van der Waals surface area (Å²) in [4.78, 5) is 53.0. The Bertz CT molecular complexity index is 1040. The zero-order chi connectivity index (χ0) is 23.9. The Labute approximate surface area is 202 Å². The van der Waals surface area contributed by atoms with Crippen LogP contribution >= 0.6 is 11.3 Å². The second-order valence-corrected chi connectivity index (χ2v) is 9.64. The summed E-state index contributed by atoms with van der Waals surface area (Å²) in [6.45, 7) is 0.451. The van der Waals surface area contributed by atoms with E-state index < -0.39 is 36.4 Å². The van der Waals surface area contributed by atoms with Gasteiger partial charge in [-0.3, -0.25) is 19.7 Å². The van der Waals surface area contributed by atoms with Crippen LogP contribution in [0.4, 0.5) is 10.5 Å². The molecule has 1 saturated carbocycles. The van der Waals surface area contributed by atoms with Gasteiger partial charge >= 0.3 is 12.0 Å². The smallest absolute Gasteiger partial charge is 0.321 e. The fourth-order valence-electron chi connectivity index (χ4n) is 4.68. The van der Waals surface area contributed by atoms with Crippen molar-refractivity contribution in [3.63, 3.8) is 0 Å². The van der Waals surface area contributed by atoms with Crippen LogP contribution in [0.5, 0.6) is 0 Å². The number of carbonyl (C=O) groups is 4. The lowest BCUT2D eigenvalue weighted by atomic mass is 9.78. The lowest BCUT2D eigenvalue weighted by Gasteiger charge is -2.32. The van der Waals surface area contributed by atoms with Crippen LogP contribution in [0.3, 0.4) is 0 Å². The number of ether oxygens (including phenoxy) is 1. The van der Waals surface area contributed by atoms with Gasteiger partial charge in [0, 0.05) is 23.7 Å². The van der Waals surface area contributed by atoms with Crippen LogP contribution in [0.15, 0.2) is 41.8 Å². The van der Waals surface area contributed by atoms with Crippen molar-refractivity contribution in [2.24, 2.45) is 11.8 Å². The van der Waals surface area contributed by atoms with Gasteiger partial charge in [0.2, 0.25) is 5.91 Å². The number of esters is 1. The Morgan fingerprint density at radius 1 is 1.03 bits per heavy atom. The average Bonchev–Trinajstić information content (AvgIpc) is 3.52. The third kappa shape index (κ3) is 5.83. The number of hydrogen-bond donors (Lipinski definition) is 2. The number of nitrogens with one attached hydrogen (secondary N) is 2. The first kappa shape index (κ1) is 23.9. The molecule has 1 aliphatic heterocycles. The van der Waals surface area contributed by atoms with E-state index in [1.165, 1.54) is 0 Å². The van der Waals surface area contributed by atoms with Crippen LogP contribution in [0.25, 0.3) is 0 Å². The molecule has 4 amide bonds. The van der Waals surface area contributed by atoms with Gasteiger partial charge in [0.25, 0.3) is 5.91 Å². The topological polar surface area (TPSA) is 105 Å². The third-order valence-corrected chi connectivity index (χ3v) is 7.31. The summed E-state index contributed by atoms with van der Waals surface area (Å²) in [5.41, 5.74) is 2.05. The summed E-state index contributed by atoms with van der Waals surface area (Å²) in [7, 11) is 0. The summed E-state index contributed by atoms with van der Waals surface area (Å²) in [5, 5.41) is 6.74. The molecule has 2 unspecified atom stereocenters. The number of fused-ring (bicyclic) bond motifs is 1. The molecule has 2 N–H and O–H groups in total. The van der Waals surface area contributed by atoms with E-state index >= 15 is 0 Å². The Morgan fingerprint density at radius 3 is 2.62 bits per heavy atom. The molecule has 8 nitrogen and oxygen atoms in total. The number of carbonyl (C=O) groups excluding carboxylic acids is 4. The zero-order valence-electron chi connectivity index (χ0n) is 19.0. The van der Waals surface area contributed by atoms with Gasteiger partial charge in [0.1, 0.15) is 0 Å². The van der Waals surface area contributed by atoms with E-state index in [0.717, 1.165) is 35.4 Å². The molecule has 1 fully saturated rings. The van der Waals surface area contributed by atoms with E-state index in [9.17, 15) is 19.2 Å². The quantitative estimate of drug-likeness (QED) is 0.589. The lowest BCUT2D eigenvalue weighted by molar-refractivity contribution is -0.157. The molecule has 2 heterocycles. The number of urea groups is 1. The fraction of sp³-hybridized carbons (Fsp3) is 0.440. The normalized spacial score (nSPS) is 19.2. The van der Waals surface area contributed by atoms with Crippen LogP contribution in [0, 0.1) is 11.8 Å². The van der Waals surface area contributed by atoms with Crippen molar-refractivity contribution >= 4 is 40.8 Å². The van der Waals surface area contributed by atoms with Gasteiger partial charge in [-0.1, -0.05) is 37.1 Å². The largest absolute Gasteiger partial charge is 0.455 e. The maximum absolute atomic E-state index is 13.3. The molecule has 4 rings (SSSR count). The number of para-hydroxylation sites is 1. The van der Waals surface area contributed by atoms with Gasteiger partial charge in [0.15, 0.2) is 6.61 Å². The molecule has 1 aromatic heterocycles. The van der Waals surface area contributed by atoms with Gasteiger partial charge in [-0.05, 0) is 48.8 Å². The van der Waals surface area contributed by atoms with Crippen LogP contribution in [0.2, 0.25) is 0 Å². The molecular weight excluding hydrogens is 454 g/mol. The molecule has 2 atom stereocenters. The second-order valence-electron chi connectivity index (χ2n) is 8.61. The highest BCUT2D eigenvalue weighted by atomic mass is 32.1. The summed E-state index contributed by atoms with van der Waals surface area (Å²) in [5.74, 6) is -2.36. The first-order valence-corrected chi connectivity index (χ1v) is 12.6. The Balaban J connectivity index is 1.25. The minimum Gasteiger partial charge on any atom is -0.455 e. The average molecular weight is 484 g/mol. The highest BCUT2D eigenvalue weighted by Gasteiger charge is 2.40. The lowest BCUT2D eigenvalue weighted by Crippen LogP contribution is -2.44. The Morgan fingerprint density at radius 2 is 1.82 bits per heavy atom. The number of hydrogen-bond acceptors (Lipinski definition) is 6. The maximum Gasteiger partial charge on any atom is 0.321 e. The minimum atomic E-state index is -0.700. The van der Waals surface area contributed by atoms with Crippen LogP contribution < -0.4 is 15.5 Å². The van der Waals surface area contributed by atoms with Crippen LogP contribution in [0.1, 0.15) is 36.1 Å². The third-order valence-electron chi connectivity index (χ3n) is 6.37. The number of nitrogens with zero attached hydrogens (tertiary/aromatic N) is 1. The Kier molecular flexibility index (Phi) is 7.95. The molecular formula is C25H29N3O5S. The second kappa shape index (κ2) is 11.3. The predicted octanol–water partition coefficient (Wildman–Crippen LogP) is 3.06. The van der Waals surface area contributed by atoms with E-state index in [-0.39, 0.29) is 5.91 Å². The predicted molar refractivity (Wildman–Crippen MR) is 128 cm³/mol. The molecule has 0 radical (unpaired) electrons. The molecule has 0 saturated heterocycles. The van der Waals surface area contributed by atoms with Gasteiger partial charge in [-0.25, -0.2) is 4.79 Å². The van der Waals surface area contributed by atoms with Crippen molar-refractivity contribution in [3.8, 4) is 0 Å². The summed E-state index contributed by atoms with van der Waals surface area (Å²) < 4.78 is 5.22. The number of imide groups is 1. The molecule has 0 bridgehead atoms. The monoisotopic (exact) mass is 483 g/mol. The van der Waals surface area contributed by atoms with E-state index in [4.69, 9.17) is 4.74 Å². The summed E-state index contributed by atoms with van der Waals surface area (Å²) >= 11 is 1.60. The van der Waals surface area contributed by atoms with Crippen molar-refractivity contribution in [2.45, 2.75) is 38.5 Å². The zero-order valence-corrected chi connectivity index (χ0v) is 19.8. The van der Waals surface area contributed by atoms with Gasteiger partial charge < -0.3 is 15.0 Å². The highest BCUT2D eigenvalue weighted by Crippen LogP contribution is 2.36. The molecule has 2 aliphatic rings. The van der Waals surface area contributed by atoms with Crippen molar-refractivity contribution < 1.29 is 23.9 Å². The maximum atomic E-state index is 13.3. The summed E-state index contributed by atoms with van der Waals surface area (Å²) in [6.07, 6.45) is 4.36. The minimum absolute atomic E-state index is 0.0545. The fourth-order valence-corrected chi connectivity index (χ4v) is 5.39. The van der Waals surface area contributed by atoms with Crippen molar-refractivity contribution in [3.05, 3.63) is 52.2 Å². The molecule has 34 heavy (non-hydrogen) atoms. The molecule has 1 aliphatic carbocycles. The number of thiophene rings is 1. The number of anilines is 1. The molecule has 9 heteroatoms. The van der Waals surface area contributed by atoms with Crippen molar-refractivity contribution in [2.75, 3.05) is 24.6 Å². The van der Waals surface area contributed by atoms with Crippen molar-refractivity contribution in [1.29, 1.82) is 0 Å². The molecule has 2 aromatic rings. The standard InChI is InChI=1S/C25H29N3O5S/c29-22(27-25(32)26-13-11-18-7-5-15-34-18)16-33-24(31)20-9-3-2-8-19(20)23(30)28-14-12-17-6-1-4-10-21(17)28/h1,4-7,10,15,19-20H,2-3,8-9,11-14,16H2,(H2,26,27,29,32). The molecule has 180 valence electrons. The van der Waals surface area contributed by atoms with Gasteiger partial charge in [-0.15, -0.1) is 11.3 Å². The molecule has 1 aromatic carbocycles. The van der Waals surface area contributed by atoms with E-state index in [1.54, 1.807) is 16.2 Å². The Hall–Kier alpha value is -3.20. The van der Waals surface area contributed by atoms with Gasteiger partial charge in [0.05, 0.1) is 11.8 Å². The van der Waals surface area contributed by atoms with Crippen LogP contribution in [-0.2, 0) is 32.0 Å². The van der Waals surface area contributed by atoms with Gasteiger partial charge in [-0.2, -0.15) is 0 Å². The first-order chi connectivity index (χ1) is 16.5. The number of amides is 4. The summed E-state index contributed by atoms with van der Waals surface area (Å²) in [6, 6.07) is 11.1. The van der Waals surface area contributed by atoms with Crippen molar-refractivity contribution in [1.82, 2.24) is 10.6 Å². The number of rotatable bonds is 7. The number of benzene rings is 1. The van der Waals surface area contributed by atoms with E-state index in [2.05, 4.69) is 10.6 Å². The highest BCUT2D eigenvalue weighted by molar-refractivity contribution is 7.09. The van der Waals surface area contributed by atoms with Crippen LogP contribution in [-0.4, -0.2) is 43.5 Å². The van der Waals surface area contributed by atoms with E-state index in [0.29, 0.717) is 32.4 Å².